The van der Waals surface area contributed by atoms with Crippen LogP contribution in [0.4, 0.5) is 0 Å². The molecule has 2 aromatic carbocycles. The van der Waals surface area contributed by atoms with Gasteiger partial charge in [-0.25, -0.2) is 0 Å². The van der Waals surface area contributed by atoms with Crippen molar-refractivity contribution >= 4 is 23.6 Å². The largest absolute Gasteiger partial charge is 0.339 e. The highest BCUT2D eigenvalue weighted by molar-refractivity contribution is 8.00. The second-order valence-corrected chi connectivity index (χ2v) is 8.88. The number of thioether (sulfide) groups is 1. The number of benzene rings is 2. The lowest BCUT2D eigenvalue weighted by atomic mass is 10.1. The molecule has 29 heavy (non-hydrogen) atoms. The van der Waals surface area contributed by atoms with Crippen molar-refractivity contribution in [2.24, 2.45) is 0 Å². The molecule has 2 aliphatic heterocycles. The number of nitrogens with zero attached hydrogens (tertiary/aromatic N) is 2. The predicted molar refractivity (Wildman–Crippen MR) is 118 cm³/mol. The molecule has 0 bridgehead atoms. The summed E-state index contributed by atoms with van der Waals surface area (Å²) in [5.74, 6) is 0.851. The number of carbonyl (C=O) groups is 2. The van der Waals surface area contributed by atoms with Crippen LogP contribution in [0, 0.1) is 0 Å². The minimum Gasteiger partial charge on any atom is -0.339 e. The van der Waals surface area contributed by atoms with Crippen LogP contribution in [0.3, 0.4) is 0 Å². The van der Waals surface area contributed by atoms with Crippen LogP contribution >= 0.6 is 11.8 Å². The Balaban J connectivity index is 1.43. The van der Waals surface area contributed by atoms with Crippen molar-refractivity contribution in [2.45, 2.75) is 37.5 Å². The summed E-state index contributed by atoms with van der Waals surface area (Å²) >= 11 is 1.67. The summed E-state index contributed by atoms with van der Waals surface area (Å²) in [4.78, 5) is 29.2. The van der Waals surface area contributed by atoms with E-state index in [4.69, 9.17) is 0 Å². The van der Waals surface area contributed by atoms with Crippen LogP contribution in [0.2, 0.25) is 0 Å². The third kappa shape index (κ3) is 4.84. The van der Waals surface area contributed by atoms with Crippen molar-refractivity contribution in [1.29, 1.82) is 0 Å². The Morgan fingerprint density at radius 2 is 1.62 bits per heavy atom. The predicted octanol–water partition coefficient (Wildman–Crippen LogP) is 4.52. The maximum absolute atomic E-state index is 12.8. The highest BCUT2D eigenvalue weighted by Gasteiger charge is 2.32. The lowest BCUT2D eigenvalue weighted by Crippen LogP contribution is -2.32. The molecular weight excluding hydrogens is 380 g/mol. The van der Waals surface area contributed by atoms with Gasteiger partial charge in [-0.2, -0.15) is 0 Å². The van der Waals surface area contributed by atoms with Gasteiger partial charge in [0.25, 0.3) is 5.91 Å². The molecule has 2 heterocycles. The fraction of sp³-hybridized carbons (Fsp3) is 0.417. The number of hydrogen-bond acceptors (Lipinski definition) is 3. The first-order chi connectivity index (χ1) is 14.2. The quantitative estimate of drug-likeness (QED) is 0.730. The van der Waals surface area contributed by atoms with Crippen LogP contribution < -0.4 is 0 Å². The molecule has 2 saturated heterocycles. The molecule has 152 valence electrons. The van der Waals surface area contributed by atoms with E-state index in [0.29, 0.717) is 5.75 Å². The number of carbonyl (C=O) groups excluding carboxylic acids is 2. The molecule has 1 unspecified atom stereocenters. The van der Waals surface area contributed by atoms with Crippen LogP contribution in [-0.2, 0) is 11.2 Å². The van der Waals surface area contributed by atoms with Crippen molar-refractivity contribution in [3.8, 4) is 0 Å². The zero-order chi connectivity index (χ0) is 20.1. The molecule has 2 fully saturated rings. The zero-order valence-electron chi connectivity index (χ0n) is 16.8. The average Bonchev–Trinajstić information content (AvgIpc) is 2.95. The van der Waals surface area contributed by atoms with Crippen molar-refractivity contribution < 1.29 is 9.59 Å². The van der Waals surface area contributed by atoms with E-state index >= 15 is 0 Å². The normalized spacial score (nSPS) is 20.0. The van der Waals surface area contributed by atoms with Gasteiger partial charge in [0, 0.05) is 25.2 Å². The van der Waals surface area contributed by atoms with Gasteiger partial charge in [0.1, 0.15) is 5.37 Å². The Hall–Kier alpha value is -2.27. The van der Waals surface area contributed by atoms with E-state index in [1.807, 2.05) is 52.3 Å². The minimum atomic E-state index is 0.0357. The molecule has 0 saturated carbocycles. The molecule has 0 spiro atoms. The number of likely N-dealkylation sites (tertiary alicyclic amines) is 1. The molecule has 2 aromatic rings. The smallest absolute Gasteiger partial charge is 0.253 e. The first kappa shape index (κ1) is 20.0. The molecule has 5 heteroatoms. The first-order valence-electron chi connectivity index (χ1n) is 10.6. The lowest BCUT2D eigenvalue weighted by Gasteiger charge is -2.25. The van der Waals surface area contributed by atoms with Crippen molar-refractivity contribution in [1.82, 2.24) is 9.80 Å². The summed E-state index contributed by atoms with van der Waals surface area (Å²) in [7, 11) is 0. The van der Waals surface area contributed by atoms with Gasteiger partial charge in [-0.1, -0.05) is 55.3 Å². The van der Waals surface area contributed by atoms with E-state index in [9.17, 15) is 9.59 Å². The van der Waals surface area contributed by atoms with Crippen molar-refractivity contribution in [2.75, 3.05) is 25.4 Å². The summed E-state index contributed by atoms with van der Waals surface area (Å²) in [6.45, 7) is 2.44. The Morgan fingerprint density at radius 1 is 0.931 bits per heavy atom. The molecule has 4 rings (SSSR count). The van der Waals surface area contributed by atoms with E-state index < -0.39 is 0 Å². The number of amides is 2. The fourth-order valence-corrected chi connectivity index (χ4v) is 5.33. The molecule has 0 N–H and O–H groups in total. The van der Waals surface area contributed by atoms with Crippen molar-refractivity contribution in [3.63, 3.8) is 0 Å². The second-order valence-electron chi connectivity index (χ2n) is 7.81. The van der Waals surface area contributed by atoms with E-state index in [-0.39, 0.29) is 17.2 Å². The summed E-state index contributed by atoms with van der Waals surface area (Å²) in [5, 5.41) is 0.0357. The van der Waals surface area contributed by atoms with Crippen LogP contribution in [0.15, 0.2) is 54.6 Å². The van der Waals surface area contributed by atoms with E-state index in [2.05, 4.69) is 12.1 Å². The molecule has 2 aliphatic rings. The van der Waals surface area contributed by atoms with Gasteiger partial charge in [0.2, 0.25) is 5.91 Å². The molecule has 0 radical (unpaired) electrons. The third-order valence-electron chi connectivity index (χ3n) is 5.79. The van der Waals surface area contributed by atoms with Gasteiger partial charge in [-0.15, -0.1) is 11.8 Å². The molecule has 4 nitrogen and oxygen atoms in total. The standard InChI is InChI=1S/C24H28N2O2S/c27-22-18-29-24(26(22)17-14-19-8-4-3-5-9-19)21-12-10-20(11-13-21)23(28)25-15-6-1-2-7-16-25/h3-5,8-13,24H,1-2,6-7,14-18H2. The number of hydrogen-bond donors (Lipinski definition) is 0. The molecule has 0 aromatic heterocycles. The van der Waals surface area contributed by atoms with Gasteiger partial charge < -0.3 is 9.80 Å². The summed E-state index contributed by atoms with van der Waals surface area (Å²) in [5.41, 5.74) is 3.09. The van der Waals surface area contributed by atoms with E-state index in [0.717, 1.165) is 50.0 Å². The molecule has 0 aliphatic carbocycles. The maximum Gasteiger partial charge on any atom is 0.253 e. The van der Waals surface area contributed by atoms with Gasteiger partial charge in [-0.3, -0.25) is 9.59 Å². The van der Waals surface area contributed by atoms with Crippen LogP contribution in [0.25, 0.3) is 0 Å². The van der Waals surface area contributed by atoms with Gasteiger partial charge in [0.05, 0.1) is 5.75 Å². The number of rotatable bonds is 5. The average molecular weight is 409 g/mol. The topological polar surface area (TPSA) is 40.6 Å². The third-order valence-corrected chi connectivity index (χ3v) is 7.04. The van der Waals surface area contributed by atoms with Crippen LogP contribution in [0.1, 0.15) is 52.5 Å². The van der Waals surface area contributed by atoms with Crippen molar-refractivity contribution in [3.05, 3.63) is 71.3 Å². The van der Waals surface area contributed by atoms with E-state index in [1.54, 1.807) is 11.8 Å². The summed E-state index contributed by atoms with van der Waals surface area (Å²) < 4.78 is 0. The van der Waals surface area contributed by atoms with Gasteiger partial charge in [-0.05, 0) is 42.5 Å². The second kappa shape index (κ2) is 9.49. The zero-order valence-corrected chi connectivity index (χ0v) is 17.6. The fourth-order valence-electron chi connectivity index (χ4n) is 4.11. The molecule has 1 atom stereocenters. The maximum atomic E-state index is 12.8. The Kier molecular flexibility index (Phi) is 6.55. The lowest BCUT2D eigenvalue weighted by molar-refractivity contribution is -0.128. The monoisotopic (exact) mass is 408 g/mol. The SMILES string of the molecule is O=C(c1ccc(C2SCC(=O)N2CCc2ccccc2)cc1)N1CCCCCC1. The Labute approximate surface area is 177 Å². The summed E-state index contributed by atoms with van der Waals surface area (Å²) in [6.07, 6.45) is 5.49. The highest BCUT2D eigenvalue weighted by atomic mass is 32.2. The molecular formula is C24H28N2O2S. The molecule has 2 amide bonds. The van der Waals surface area contributed by atoms with Crippen LogP contribution in [0.5, 0.6) is 0 Å². The van der Waals surface area contributed by atoms with E-state index in [1.165, 1.54) is 18.4 Å². The highest BCUT2D eigenvalue weighted by Crippen LogP contribution is 2.38. The van der Waals surface area contributed by atoms with Crippen LogP contribution in [-0.4, -0.2) is 47.0 Å². The Morgan fingerprint density at radius 3 is 2.31 bits per heavy atom. The minimum absolute atomic E-state index is 0.0357. The van der Waals surface area contributed by atoms with Gasteiger partial charge in [0.15, 0.2) is 0 Å². The first-order valence-corrected chi connectivity index (χ1v) is 11.6. The Bertz CT molecular complexity index is 830. The summed E-state index contributed by atoms with van der Waals surface area (Å²) in [6, 6.07) is 18.2. The van der Waals surface area contributed by atoms with Gasteiger partial charge >= 0.3 is 0 Å².